The van der Waals surface area contributed by atoms with Crippen molar-refractivity contribution in [1.82, 2.24) is 4.31 Å². The van der Waals surface area contributed by atoms with Crippen LogP contribution in [0.3, 0.4) is 0 Å². The largest absolute Gasteiger partial charge is 0.495 e. The van der Waals surface area contributed by atoms with Gasteiger partial charge >= 0.3 is 0 Å². The molecule has 0 radical (unpaired) electrons. The number of hydrogen-bond donors (Lipinski definition) is 1. The van der Waals surface area contributed by atoms with E-state index in [0.29, 0.717) is 11.4 Å². The van der Waals surface area contributed by atoms with E-state index >= 15 is 0 Å². The monoisotopic (exact) mass is 378 g/mol. The van der Waals surface area contributed by atoms with Crippen LogP contribution in [0.2, 0.25) is 0 Å². The standard InChI is InChI=1S/C18H22N2O5S/c1-12-6-8-15(24-4)14(10-12)19-18(21)13-7-9-16(25-5)17(11-13)26(22,23)20(2)3/h6-11H,1-5H3,(H,19,21). The van der Waals surface area contributed by atoms with Gasteiger partial charge in [-0.2, -0.15) is 0 Å². The zero-order valence-corrected chi connectivity index (χ0v) is 16.2. The van der Waals surface area contributed by atoms with Crippen molar-refractivity contribution >= 4 is 21.6 Å². The second-order valence-electron chi connectivity index (χ2n) is 5.81. The van der Waals surface area contributed by atoms with E-state index in [4.69, 9.17) is 9.47 Å². The number of rotatable bonds is 6. The van der Waals surface area contributed by atoms with Crippen molar-refractivity contribution in [2.45, 2.75) is 11.8 Å². The lowest BCUT2D eigenvalue weighted by atomic mass is 10.1. The first-order valence-corrected chi connectivity index (χ1v) is 9.21. The molecule has 140 valence electrons. The second kappa shape index (κ2) is 7.76. The van der Waals surface area contributed by atoms with Crippen molar-refractivity contribution in [3.8, 4) is 11.5 Å². The highest BCUT2D eigenvalue weighted by Gasteiger charge is 2.24. The molecule has 0 aromatic heterocycles. The maximum absolute atomic E-state index is 12.6. The first-order valence-electron chi connectivity index (χ1n) is 7.77. The summed E-state index contributed by atoms with van der Waals surface area (Å²) in [5, 5.41) is 2.75. The fraction of sp³-hybridized carbons (Fsp3) is 0.278. The first kappa shape index (κ1) is 19.7. The first-order chi connectivity index (χ1) is 12.2. The Morgan fingerprint density at radius 1 is 1.00 bits per heavy atom. The van der Waals surface area contributed by atoms with E-state index in [2.05, 4.69) is 5.32 Å². The summed E-state index contributed by atoms with van der Waals surface area (Å²) in [4.78, 5) is 12.6. The number of nitrogens with zero attached hydrogens (tertiary/aromatic N) is 1. The van der Waals surface area contributed by atoms with Crippen LogP contribution in [0.25, 0.3) is 0 Å². The number of sulfonamides is 1. The Balaban J connectivity index is 2.44. The number of carbonyl (C=O) groups excluding carboxylic acids is 1. The van der Waals surface area contributed by atoms with Crippen molar-refractivity contribution in [2.24, 2.45) is 0 Å². The average molecular weight is 378 g/mol. The molecular formula is C18H22N2O5S. The summed E-state index contributed by atoms with van der Waals surface area (Å²) < 4.78 is 36.4. The normalized spacial score (nSPS) is 11.3. The van der Waals surface area contributed by atoms with E-state index in [1.165, 1.54) is 46.5 Å². The molecule has 0 unspecified atom stereocenters. The van der Waals surface area contributed by atoms with Gasteiger partial charge in [-0.05, 0) is 42.8 Å². The quantitative estimate of drug-likeness (QED) is 0.835. The Morgan fingerprint density at radius 3 is 2.19 bits per heavy atom. The summed E-state index contributed by atoms with van der Waals surface area (Å²) in [6.45, 7) is 1.89. The molecule has 26 heavy (non-hydrogen) atoms. The fourth-order valence-corrected chi connectivity index (χ4v) is 3.41. The molecular weight excluding hydrogens is 356 g/mol. The molecule has 0 saturated carbocycles. The zero-order chi connectivity index (χ0) is 19.5. The van der Waals surface area contributed by atoms with Crippen LogP contribution in [0.5, 0.6) is 11.5 Å². The molecule has 7 nitrogen and oxygen atoms in total. The number of carbonyl (C=O) groups is 1. The van der Waals surface area contributed by atoms with E-state index in [1.807, 2.05) is 13.0 Å². The van der Waals surface area contributed by atoms with Crippen LogP contribution in [-0.2, 0) is 10.0 Å². The van der Waals surface area contributed by atoms with E-state index in [9.17, 15) is 13.2 Å². The molecule has 0 aliphatic carbocycles. The predicted octanol–water partition coefficient (Wildman–Crippen LogP) is 2.51. The molecule has 0 saturated heterocycles. The number of anilines is 1. The Bertz CT molecular complexity index is 923. The smallest absolute Gasteiger partial charge is 0.255 e. The van der Waals surface area contributed by atoms with Gasteiger partial charge in [0.05, 0.1) is 19.9 Å². The highest BCUT2D eigenvalue weighted by atomic mass is 32.2. The number of methoxy groups -OCH3 is 2. The summed E-state index contributed by atoms with van der Waals surface area (Å²) in [6.07, 6.45) is 0. The Kier molecular flexibility index (Phi) is 5.89. The third-order valence-corrected chi connectivity index (χ3v) is 5.62. The summed E-state index contributed by atoms with van der Waals surface area (Å²) in [7, 11) is 1.95. The van der Waals surface area contributed by atoms with Crippen molar-refractivity contribution < 1.29 is 22.7 Å². The van der Waals surface area contributed by atoms with Crippen LogP contribution in [0.15, 0.2) is 41.3 Å². The minimum Gasteiger partial charge on any atom is -0.495 e. The Hall–Kier alpha value is -2.58. The lowest BCUT2D eigenvalue weighted by Gasteiger charge is -2.16. The highest BCUT2D eigenvalue weighted by molar-refractivity contribution is 7.89. The molecule has 0 spiro atoms. The maximum atomic E-state index is 12.6. The van der Waals surface area contributed by atoms with E-state index in [-0.39, 0.29) is 16.2 Å². The number of nitrogens with one attached hydrogen (secondary N) is 1. The van der Waals surface area contributed by atoms with Crippen molar-refractivity contribution in [3.05, 3.63) is 47.5 Å². The molecule has 0 atom stereocenters. The third kappa shape index (κ3) is 3.97. The van der Waals surface area contributed by atoms with Gasteiger partial charge in [-0.15, -0.1) is 0 Å². The average Bonchev–Trinajstić information content (AvgIpc) is 2.61. The van der Waals surface area contributed by atoms with Gasteiger partial charge in [-0.3, -0.25) is 4.79 Å². The molecule has 2 aromatic carbocycles. The van der Waals surface area contributed by atoms with Crippen LogP contribution in [0.4, 0.5) is 5.69 Å². The molecule has 2 aromatic rings. The van der Waals surface area contributed by atoms with Crippen molar-refractivity contribution in [3.63, 3.8) is 0 Å². The zero-order valence-electron chi connectivity index (χ0n) is 15.4. The summed E-state index contributed by atoms with van der Waals surface area (Å²) in [5.74, 6) is 0.230. The van der Waals surface area contributed by atoms with Crippen LogP contribution in [-0.4, -0.2) is 46.9 Å². The van der Waals surface area contributed by atoms with Crippen LogP contribution >= 0.6 is 0 Å². The SMILES string of the molecule is COc1ccc(C)cc1NC(=O)c1ccc(OC)c(S(=O)(=O)N(C)C)c1. The van der Waals surface area contributed by atoms with Crippen molar-refractivity contribution in [2.75, 3.05) is 33.6 Å². The molecule has 1 amide bonds. The van der Waals surface area contributed by atoms with E-state index < -0.39 is 15.9 Å². The van der Waals surface area contributed by atoms with Gasteiger partial charge in [0, 0.05) is 19.7 Å². The van der Waals surface area contributed by atoms with Crippen molar-refractivity contribution in [1.29, 1.82) is 0 Å². The Morgan fingerprint density at radius 2 is 1.62 bits per heavy atom. The number of ether oxygens (including phenoxy) is 2. The Labute approximate surface area is 153 Å². The molecule has 1 N–H and O–H groups in total. The number of amides is 1. The van der Waals surface area contributed by atoms with Gasteiger partial charge < -0.3 is 14.8 Å². The van der Waals surface area contributed by atoms with E-state index in [0.717, 1.165) is 9.87 Å². The lowest BCUT2D eigenvalue weighted by Crippen LogP contribution is -2.23. The van der Waals surface area contributed by atoms with E-state index in [1.54, 1.807) is 12.1 Å². The van der Waals surface area contributed by atoms with Gasteiger partial charge in [0.15, 0.2) is 0 Å². The van der Waals surface area contributed by atoms with Gasteiger partial charge in [0.1, 0.15) is 16.4 Å². The highest BCUT2D eigenvalue weighted by Crippen LogP contribution is 2.29. The molecule has 0 bridgehead atoms. The van der Waals surface area contributed by atoms with Crippen LogP contribution in [0.1, 0.15) is 15.9 Å². The minimum atomic E-state index is -3.76. The van der Waals surface area contributed by atoms with Crippen LogP contribution < -0.4 is 14.8 Å². The number of benzene rings is 2. The van der Waals surface area contributed by atoms with Gasteiger partial charge in [0.2, 0.25) is 10.0 Å². The maximum Gasteiger partial charge on any atom is 0.255 e. The van der Waals surface area contributed by atoms with Gasteiger partial charge in [-0.25, -0.2) is 12.7 Å². The lowest BCUT2D eigenvalue weighted by molar-refractivity contribution is 0.102. The molecule has 0 heterocycles. The molecule has 0 aliphatic rings. The number of hydrogen-bond acceptors (Lipinski definition) is 5. The summed E-state index contributed by atoms with van der Waals surface area (Å²) >= 11 is 0. The molecule has 0 aliphatic heterocycles. The van der Waals surface area contributed by atoms with Gasteiger partial charge in [-0.1, -0.05) is 6.07 Å². The third-order valence-electron chi connectivity index (χ3n) is 3.79. The molecule has 2 rings (SSSR count). The summed E-state index contributed by atoms with van der Waals surface area (Å²) in [6, 6.07) is 9.65. The topological polar surface area (TPSA) is 84.9 Å². The molecule has 8 heteroatoms. The number of aryl methyl sites for hydroxylation is 1. The fourth-order valence-electron chi connectivity index (χ4n) is 2.33. The second-order valence-corrected chi connectivity index (χ2v) is 7.93. The molecule has 0 fully saturated rings. The van der Waals surface area contributed by atoms with Gasteiger partial charge in [0.25, 0.3) is 5.91 Å². The minimum absolute atomic E-state index is 0.0751. The van der Waals surface area contributed by atoms with Crippen LogP contribution in [0, 0.1) is 6.92 Å². The predicted molar refractivity (Wildman–Crippen MR) is 99.6 cm³/mol. The summed E-state index contributed by atoms with van der Waals surface area (Å²) in [5.41, 5.74) is 1.65.